The SMILES string of the molecule is CC12CC(CCC1NC(=O)CN)c1ccccc1O2. The minimum Gasteiger partial charge on any atom is -0.485 e. The van der Waals surface area contributed by atoms with Crippen LogP contribution in [0, 0.1) is 0 Å². The highest BCUT2D eigenvalue weighted by Crippen LogP contribution is 2.48. The third-order valence-corrected chi connectivity index (χ3v) is 4.42. The van der Waals surface area contributed by atoms with Crippen LogP contribution in [0.4, 0.5) is 0 Å². The zero-order chi connectivity index (χ0) is 13.5. The second kappa shape index (κ2) is 4.53. The molecule has 1 aliphatic heterocycles. The number of fused-ring (bicyclic) bond motifs is 4. The van der Waals surface area contributed by atoms with Crippen molar-refractivity contribution in [2.75, 3.05) is 6.54 Å². The number of nitrogens with two attached hydrogens (primary N) is 1. The van der Waals surface area contributed by atoms with Crippen LogP contribution in [0.2, 0.25) is 0 Å². The van der Waals surface area contributed by atoms with Gasteiger partial charge in [0.05, 0.1) is 12.6 Å². The lowest BCUT2D eigenvalue weighted by Gasteiger charge is -2.48. The van der Waals surface area contributed by atoms with Gasteiger partial charge >= 0.3 is 0 Å². The molecule has 1 aliphatic carbocycles. The van der Waals surface area contributed by atoms with Crippen molar-refractivity contribution in [1.82, 2.24) is 5.32 Å². The van der Waals surface area contributed by atoms with Gasteiger partial charge in [-0.05, 0) is 43.7 Å². The largest absolute Gasteiger partial charge is 0.485 e. The molecular weight excluding hydrogens is 240 g/mol. The number of carbonyl (C=O) groups is 1. The molecule has 2 aliphatic rings. The lowest BCUT2D eigenvalue weighted by Crippen LogP contribution is -2.59. The van der Waals surface area contributed by atoms with Crippen LogP contribution in [0.25, 0.3) is 0 Å². The second-order valence-corrected chi connectivity index (χ2v) is 5.76. The van der Waals surface area contributed by atoms with Crippen LogP contribution in [0.3, 0.4) is 0 Å². The Morgan fingerprint density at radius 2 is 2.26 bits per heavy atom. The fourth-order valence-electron chi connectivity index (χ4n) is 3.43. The van der Waals surface area contributed by atoms with E-state index in [1.165, 1.54) is 5.56 Å². The van der Waals surface area contributed by atoms with Gasteiger partial charge < -0.3 is 15.8 Å². The molecule has 19 heavy (non-hydrogen) atoms. The Balaban J connectivity index is 1.88. The number of hydrogen-bond acceptors (Lipinski definition) is 3. The summed E-state index contributed by atoms with van der Waals surface area (Å²) in [5.41, 5.74) is 6.38. The average molecular weight is 260 g/mol. The normalized spacial score (nSPS) is 32.1. The summed E-state index contributed by atoms with van der Waals surface area (Å²) in [6, 6.07) is 8.28. The van der Waals surface area contributed by atoms with Crippen LogP contribution in [-0.4, -0.2) is 24.1 Å². The summed E-state index contributed by atoms with van der Waals surface area (Å²) in [7, 11) is 0. The summed E-state index contributed by atoms with van der Waals surface area (Å²) in [4.78, 5) is 11.5. The maximum Gasteiger partial charge on any atom is 0.234 e. The maximum atomic E-state index is 11.5. The molecule has 102 valence electrons. The summed E-state index contributed by atoms with van der Waals surface area (Å²) in [5.74, 6) is 1.40. The smallest absolute Gasteiger partial charge is 0.234 e. The zero-order valence-electron chi connectivity index (χ0n) is 11.2. The predicted molar refractivity (Wildman–Crippen MR) is 73.1 cm³/mol. The number of rotatable bonds is 2. The first kappa shape index (κ1) is 12.5. The Labute approximate surface area is 113 Å². The summed E-state index contributed by atoms with van der Waals surface area (Å²) >= 11 is 0. The first-order chi connectivity index (χ1) is 9.12. The van der Waals surface area contributed by atoms with Crippen molar-refractivity contribution >= 4 is 5.91 Å². The van der Waals surface area contributed by atoms with E-state index in [0.717, 1.165) is 25.0 Å². The molecule has 1 heterocycles. The molecule has 3 rings (SSSR count). The van der Waals surface area contributed by atoms with Gasteiger partial charge in [-0.3, -0.25) is 4.79 Å². The molecule has 0 spiro atoms. The molecule has 3 N–H and O–H groups in total. The van der Waals surface area contributed by atoms with Gasteiger partial charge in [0.25, 0.3) is 0 Å². The number of benzene rings is 1. The number of carbonyl (C=O) groups excluding carboxylic acids is 1. The third kappa shape index (κ3) is 2.10. The topological polar surface area (TPSA) is 64.4 Å². The van der Waals surface area contributed by atoms with E-state index in [1.54, 1.807) is 0 Å². The Morgan fingerprint density at radius 3 is 3.05 bits per heavy atom. The average Bonchev–Trinajstić information content (AvgIpc) is 2.41. The van der Waals surface area contributed by atoms with E-state index in [1.807, 2.05) is 12.1 Å². The van der Waals surface area contributed by atoms with Gasteiger partial charge in [0.1, 0.15) is 11.4 Å². The monoisotopic (exact) mass is 260 g/mol. The molecule has 1 aromatic carbocycles. The van der Waals surface area contributed by atoms with Crippen LogP contribution in [-0.2, 0) is 4.79 Å². The van der Waals surface area contributed by atoms with Gasteiger partial charge in [0.2, 0.25) is 5.91 Å². The molecule has 1 fully saturated rings. The van der Waals surface area contributed by atoms with E-state index in [9.17, 15) is 4.79 Å². The van der Waals surface area contributed by atoms with Gasteiger partial charge in [0.15, 0.2) is 0 Å². The standard InChI is InChI=1S/C15H20N2O2/c1-15-8-10(6-7-13(15)17-14(18)9-16)11-4-2-3-5-12(11)19-15/h2-5,10,13H,6-9,16H2,1H3,(H,17,18). The van der Waals surface area contributed by atoms with Gasteiger partial charge in [0, 0.05) is 0 Å². The molecule has 3 unspecified atom stereocenters. The van der Waals surface area contributed by atoms with Crippen molar-refractivity contribution in [3.63, 3.8) is 0 Å². The predicted octanol–water partition coefficient (Wildman–Crippen LogP) is 1.55. The van der Waals surface area contributed by atoms with E-state index in [0.29, 0.717) is 5.92 Å². The van der Waals surface area contributed by atoms with Crippen LogP contribution in [0.1, 0.15) is 37.7 Å². The molecule has 4 nitrogen and oxygen atoms in total. The number of para-hydroxylation sites is 1. The number of amides is 1. The Hall–Kier alpha value is -1.55. The highest BCUT2D eigenvalue weighted by Gasteiger charge is 2.47. The lowest BCUT2D eigenvalue weighted by molar-refractivity contribution is -0.123. The number of ether oxygens (including phenoxy) is 1. The van der Waals surface area contributed by atoms with E-state index in [4.69, 9.17) is 10.5 Å². The van der Waals surface area contributed by atoms with Crippen LogP contribution >= 0.6 is 0 Å². The minimum atomic E-state index is -0.317. The molecule has 1 aromatic rings. The molecule has 0 aromatic heterocycles. The van der Waals surface area contributed by atoms with Crippen molar-refractivity contribution < 1.29 is 9.53 Å². The lowest BCUT2D eigenvalue weighted by atomic mass is 9.71. The zero-order valence-corrected chi connectivity index (χ0v) is 11.2. The summed E-state index contributed by atoms with van der Waals surface area (Å²) in [6.45, 7) is 2.13. The molecule has 1 saturated carbocycles. The minimum absolute atomic E-state index is 0.0343. The van der Waals surface area contributed by atoms with Crippen molar-refractivity contribution in [2.45, 2.75) is 43.7 Å². The van der Waals surface area contributed by atoms with E-state index in [2.05, 4.69) is 24.4 Å². The first-order valence-corrected chi connectivity index (χ1v) is 6.90. The molecule has 4 heteroatoms. The molecule has 1 amide bonds. The molecule has 0 radical (unpaired) electrons. The summed E-state index contributed by atoms with van der Waals surface area (Å²) in [6.07, 6.45) is 2.99. The van der Waals surface area contributed by atoms with Crippen molar-refractivity contribution in [3.05, 3.63) is 29.8 Å². The molecule has 3 atom stereocenters. The van der Waals surface area contributed by atoms with E-state index in [-0.39, 0.29) is 24.1 Å². The Bertz CT molecular complexity index is 503. The summed E-state index contributed by atoms with van der Waals surface area (Å²) in [5, 5.41) is 3.01. The molecular formula is C15H20N2O2. The van der Waals surface area contributed by atoms with Crippen LogP contribution in [0.5, 0.6) is 5.75 Å². The third-order valence-electron chi connectivity index (χ3n) is 4.42. The fourth-order valence-corrected chi connectivity index (χ4v) is 3.43. The van der Waals surface area contributed by atoms with Gasteiger partial charge in [-0.1, -0.05) is 18.2 Å². The van der Waals surface area contributed by atoms with E-state index >= 15 is 0 Å². The highest BCUT2D eigenvalue weighted by atomic mass is 16.5. The Morgan fingerprint density at radius 1 is 1.47 bits per heavy atom. The van der Waals surface area contributed by atoms with E-state index < -0.39 is 0 Å². The molecule has 0 saturated heterocycles. The van der Waals surface area contributed by atoms with Gasteiger partial charge in [-0.15, -0.1) is 0 Å². The quantitative estimate of drug-likeness (QED) is 0.848. The number of nitrogens with one attached hydrogen (secondary N) is 1. The first-order valence-electron chi connectivity index (χ1n) is 6.90. The highest BCUT2D eigenvalue weighted by molar-refractivity contribution is 5.78. The Kier molecular flexibility index (Phi) is 2.97. The van der Waals surface area contributed by atoms with Crippen LogP contribution < -0.4 is 15.8 Å². The van der Waals surface area contributed by atoms with Crippen molar-refractivity contribution in [3.8, 4) is 5.75 Å². The fraction of sp³-hybridized carbons (Fsp3) is 0.533. The van der Waals surface area contributed by atoms with Gasteiger partial charge in [-0.25, -0.2) is 0 Å². The maximum absolute atomic E-state index is 11.5. The van der Waals surface area contributed by atoms with Crippen molar-refractivity contribution in [2.24, 2.45) is 5.73 Å². The second-order valence-electron chi connectivity index (χ2n) is 5.76. The number of hydrogen-bond donors (Lipinski definition) is 2. The van der Waals surface area contributed by atoms with Gasteiger partial charge in [-0.2, -0.15) is 0 Å². The summed E-state index contributed by atoms with van der Waals surface area (Å²) < 4.78 is 6.19. The van der Waals surface area contributed by atoms with Crippen LogP contribution in [0.15, 0.2) is 24.3 Å². The molecule has 2 bridgehead atoms. The van der Waals surface area contributed by atoms with Crippen molar-refractivity contribution in [1.29, 1.82) is 0 Å².